The Morgan fingerprint density at radius 3 is 2.50 bits per heavy atom. The molecule has 0 saturated heterocycles. The lowest BCUT2D eigenvalue weighted by molar-refractivity contribution is 0.178. The lowest BCUT2D eigenvalue weighted by Gasteiger charge is -2.14. The van der Waals surface area contributed by atoms with Crippen LogP contribution in [0.5, 0.6) is 5.75 Å². The molecule has 0 bridgehead atoms. The van der Waals surface area contributed by atoms with Crippen molar-refractivity contribution in [2.24, 2.45) is 0 Å². The number of aromatic nitrogens is 1. The number of hydrogen-bond acceptors (Lipinski definition) is 3. The van der Waals surface area contributed by atoms with Gasteiger partial charge in [0, 0.05) is 18.8 Å². The fraction of sp³-hybridized carbons (Fsp3) is 0.312. The van der Waals surface area contributed by atoms with Gasteiger partial charge in [-0.05, 0) is 43.2 Å². The summed E-state index contributed by atoms with van der Waals surface area (Å²) in [6.07, 6.45) is 3.27. The Morgan fingerprint density at radius 2 is 1.90 bits per heavy atom. The first-order valence-corrected chi connectivity index (χ1v) is 6.97. The predicted molar refractivity (Wildman–Crippen MR) is 80.1 cm³/mol. The summed E-state index contributed by atoms with van der Waals surface area (Å²) in [4.78, 5) is 3.93. The van der Waals surface area contributed by atoms with Crippen molar-refractivity contribution in [2.45, 2.75) is 32.5 Å². The van der Waals surface area contributed by atoms with Gasteiger partial charge in [-0.25, -0.2) is 0 Å². The fourth-order valence-corrected chi connectivity index (χ4v) is 2.13. The standard InChI is InChI=1S/C16H18ClNO2/c1-11(2)20-14-5-3-12(4-6-14)16(19)9-13-7-8-18-10-15(13)17/h3-8,10-11,16,19H,9H2,1-2H3. The number of nitrogens with zero attached hydrogens (tertiary/aromatic N) is 1. The monoisotopic (exact) mass is 291 g/mol. The van der Waals surface area contributed by atoms with E-state index in [4.69, 9.17) is 16.3 Å². The summed E-state index contributed by atoms with van der Waals surface area (Å²) < 4.78 is 5.58. The van der Waals surface area contributed by atoms with Crippen LogP contribution >= 0.6 is 11.6 Å². The van der Waals surface area contributed by atoms with Gasteiger partial charge >= 0.3 is 0 Å². The number of hydrogen-bond donors (Lipinski definition) is 1. The largest absolute Gasteiger partial charge is 0.491 e. The second-order valence-corrected chi connectivity index (χ2v) is 5.33. The number of aliphatic hydroxyl groups excluding tert-OH is 1. The highest BCUT2D eigenvalue weighted by Crippen LogP contribution is 2.24. The van der Waals surface area contributed by atoms with Crippen molar-refractivity contribution in [3.63, 3.8) is 0 Å². The Hall–Kier alpha value is -1.58. The van der Waals surface area contributed by atoms with E-state index >= 15 is 0 Å². The van der Waals surface area contributed by atoms with Crippen LogP contribution in [0.15, 0.2) is 42.7 Å². The van der Waals surface area contributed by atoms with Crippen molar-refractivity contribution >= 4 is 11.6 Å². The van der Waals surface area contributed by atoms with Gasteiger partial charge in [0.25, 0.3) is 0 Å². The highest BCUT2D eigenvalue weighted by Gasteiger charge is 2.11. The molecule has 1 aromatic heterocycles. The average molecular weight is 292 g/mol. The molecule has 20 heavy (non-hydrogen) atoms. The van der Waals surface area contributed by atoms with Gasteiger partial charge in [0.05, 0.1) is 17.2 Å². The molecule has 0 spiro atoms. The number of aliphatic hydroxyl groups is 1. The van der Waals surface area contributed by atoms with E-state index < -0.39 is 6.10 Å². The molecule has 1 heterocycles. The third-order valence-corrected chi connectivity index (χ3v) is 3.25. The highest BCUT2D eigenvalue weighted by molar-refractivity contribution is 6.31. The van der Waals surface area contributed by atoms with E-state index in [-0.39, 0.29) is 6.10 Å². The lowest BCUT2D eigenvalue weighted by atomic mass is 10.0. The maximum atomic E-state index is 10.3. The number of pyridine rings is 1. The third kappa shape index (κ3) is 3.95. The highest BCUT2D eigenvalue weighted by atomic mass is 35.5. The van der Waals surface area contributed by atoms with Gasteiger partial charge in [-0.2, -0.15) is 0 Å². The summed E-state index contributed by atoms with van der Waals surface area (Å²) in [5, 5.41) is 10.8. The first kappa shape index (κ1) is 14.8. The molecule has 0 aliphatic carbocycles. The topological polar surface area (TPSA) is 42.4 Å². The van der Waals surface area contributed by atoms with Crippen molar-refractivity contribution < 1.29 is 9.84 Å². The summed E-state index contributed by atoms with van der Waals surface area (Å²) in [6.45, 7) is 3.96. The smallest absolute Gasteiger partial charge is 0.119 e. The van der Waals surface area contributed by atoms with Gasteiger partial charge in [0.2, 0.25) is 0 Å². The van der Waals surface area contributed by atoms with E-state index in [1.807, 2.05) is 44.2 Å². The summed E-state index contributed by atoms with van der Waals surface area (Å²) in [5.41, 5.74) is 1.73. The van der Waals surface area contributed by atoms with Crippen molar-refractivity contribution in [1.82, 2.24) is 4.98 Å². The van der Waals surface area contributed by atoms with Crippen molar-refractivity contribution in [3.8, 4) is 5.75 Å². The van der Waals surface area contributed by atoms with Crippen LogP contribution in [-0.4, -0.2) is 16.2 Å². The molecule has 0 fully saturated rings. The predicted octanol–water partition coefficient (Wildman–Crippen LogP) is 3.80. The maximum Gasteiger partial charge on any atom is 0.119 e. The first-order valence-electron chi connectivity index (χ1n) is 6.59. The number of rotatable bonds is 5. The summed E-state index contributed by atoms with van der Waals surface area (Å²) in [7, 11) is 0. The van der Waals surface area contributed by atoms with Crippen molar-refractivity contribution in [2.75, 3.05) is 0 Å². The molecule has 1 atom stereocenters. The van der Waals surface area contributed by atoms with Crippen molar-refractivity contribution in [3.05, 3.63) is 58.9 Å². The molecule has 4 heteroatoms. The molecule has 0 aliphatic heterocycles. The van der Waals surface area contributed by atoms with E-state index in [1.165, 1.54) is 0 Å². The summed E-state index contributed by atoms with van der Waals surface area (Å²) >= 11 is 6.04. The summed E-state index contributed by atoms with van der Waals surface area (Å²) in [5.74, 6) is 0.804. The molecule has 0 saturated carbocycles. The zero-order valence-corrected chi connectivity index (χ0v) is 12.3. The minimum absolute atomic E-state index is 0.140. The van der Waals surface area contributed by atoms with Gasteiger partial charge in [-0.1, -0.05) is 23.7 Å². The maximum absolute atomic E-state index is 10.3. The second-order valence-electron chi connectivity index (χ2n) is 4.92. The van der Waals surface area contributed by atoms with Crippen LogP contribution in [0.2, 0.25) is 5.02 Å². The van der Waals surface area contributed by atoms with E-state index in [0.29, 0.717) is 11.4 Å². The quantitative estimate of drug-likeness (QED) is 0.911. The number of benzene rings is 1. The normalized spacial score (nSPS) is 12.4. The molecule has 3 nitrogen and oxygen atoms in total. The van der Waals surface area contributed by atoms with Crippen LogP contribution < -0.4 is 4.74 Å². The van der Waals surface area contributed by atoms with E-state index in [9.17, 15) is 5.11 Å². The molecule has 1 unspecified atom stereocenters. The van der Waals surface area contributed by atoms with Gasteiger partial charge < -0.3 is 9.84 Å². The van der Waals surface area contributed by atoms with Crippen molar-refractivity contribution in [1.29, 1.82) is 0 Å². The van der Waals surface area contributed by atoms with Gasteiger partial charge in [-0.3, -0.25) is 4.98 Å². The van der Waals surface area contributed by atoms with Crippen LogP contribution in [0.3, 0.4) is 0 Å². The number of halogens is 1. The Labute approximate surface area is 124 Å². The van der Waals surface area contributed by atoms with Gasteiger partial charge in [0.15, 0.2) is 0 Å². The second kappa shape index (κ2) is 6.73. The molecule has 0 radical (unpaired) electrons. The Balaban J connectivity index is 2.06. The van der Waals surface area contributed by atoms with Gasteiger partial charge in [0.1, 0.15) is 5.75 Å². The van der Waals surface area contributed by atoms with Crippen LogP contribution in [0.1, 0.15) is 31.1 Å². The van der Waals surface area contributed by atoms with E-state index in [2.05, 4.69) is 4.98 Å². The third-order valence-electron chi connectivity index (χ3n) is 2.91. The molecular formula is C16H18ClNO2. The lowest BCUT2D eigenvalue weighted by Crippen LogP contribution is -2.06. The molecule has 0 aliphatic rings. The minimum atomic E-state index is -0.594. The SMILES string of the molecule is CC(C)Oc1ccc(C(O)Cc2ccncc2Cl)cc1. The van der Waals surface area contributed by atoms with Gasteiger partial charge in [-0.15, -0.1) is 0 Å². The Morgan fingerprint density at radius 1 is 1.20 bits per heavy atom. The average Bonchev–Trinajstić information content (AvgIpc) is 2.41. The molecule has 0 amide bonds. The van der Waals surface area contributed by atoms with Crippen LogP contribution in [0.25, 0.3) is 0 Å². The molecule has 1 N–H and O–H groups in total. The minimum Gasteiger partial charge on any atom is -0.491 e. The molecule has 106 valence electrons. The first-order chi connectivity index (χ1) is 9.56. The molecular weight excluding hydrogens is 274 g/mol. The van der Waals surface area contributed by atoms with E-state index in [0.717, 1.165) is 16.9 Å². The Bertz CT molecular complexity index is 555. The Kier molecular flexibility index (Phi) is 4.99. The summed E-state index contributed by atoms with van der Waals surface area (Å²) in [6, 6.07) is 9.30. The van der Waals surface area contributed by atoms with Crippen LogP contribution in [0.4, 0.5) is 0 Å². The van der Waals surface area contributed by atoms with Crippen LogP contribution in [-0.2, 0) is 6.42 Å². The molecule has 1 aromatic carbocycles. The molecule has 2 aromatic rings. The zero-order valence-electron chi connectivity index (χ0n) is 11.6. The number of ether oxygens (including phenoxy) is 1. The van der Waals surface area contributed by atoms with Crippen LogP contribution in [0, 0.1) is 0 Å². The fourth-order valence-electron chi connectivity index (χ4n) is 1.94. The van der Waals surface area contributed by atoms with E-state index in [1.54, 1.807) is 12.4 Å². The zero-order chi connectivity index (χ0) is 14.5. The molecule has 2 rings (SSSR count).